The molecule has 1 unspecified atom stereocenters. The standard InChI is InChI=1S/C21H19ClN2O3S/c22-18-8-10-19(11-9-18)28(26,27)20(17-7-4-12-23-14-17)15-24-21(25)13-16-5-2-1-3-6-16/h1-12,14,20H,13,15H2,(H,24,25). The van der Waals surface area contributed by atoms with Gasteiger partial charge >= 0.3 is 0 Å². The van der Waals surface area contributed by atoms with E-state index in [9.17, 15) is 13.2 Å². The number of carbonyl (C=O) groups excluding carboxylic acids is 1. The van der Waals surface area contributed by atoms with Crippen molar-refractivity contribution in [1.82, 2.24) is 10.3 Å². The molecule has 1 heterocycles. The van der Waals surface area contributed by atoms with E-state index in [0.717, 1.165) is 5.56 Å². The molecule has 5 nitrogen and oxygen atoms in total. The molecule has 1 atom stereocenters. The molecule has 1 N–H and O–H groups in total. The van der Waals surface area contributed by atoms with Gasteiger partial charge in [0.25, 0.3) is 0 Å². The monoisotopic (exact) mass is 414 g/mol. The van der Waals surface area contributed by atoms with Crippen molar-refractivity contribution in [3.8, 4) is 0 Å². The summed E-state index contributed by atoms with van der Waals surface area (Å²) in [7, 11) is -3.75. The van der Waals surface area contributed by atoms with Crippen LogP contribution in [0.2, 0.25) is 5.02 Å². The Morgan fingerprint density at radius 1 is 1.00 bits per heavy atom. The van der Waals surface area contributed by atoms with Crippen LogP contribution in [0.15, 0.2) is 84.0 Å². The number of nitrogens with zero attached hydrogens (tertiary/aromatic N) is 1. The normalized spacial score (nSPS) is 12.3. The van der Waals surface area contributed by atoms with Gasteiger partial charge in [-0.05, 0) is 41.5 Å². The first kappa shape index (κ1) is 20.0. The summed E-state index contributed by atoms with van der Waals surface area (Å²) in [5, 5.41) is 2.24. The Morgan fingerprint density at radius 2 is 1.71 bits per heavy atom. The van der Waals surface area contributed by atoms with Crippen molar-refractivity contribution in [2.45, 2.75) is 16.6 Å². The van der Waals surface area contributed by atoms with Gasteiger partial charge in [0.2, 0.25) is 5.91 Å². The Morgan fingerprint density at radius 3 is 2.36 bits per heavy atom. The summed E-state index contributed by atoms with van der Waals surface area (Å²) >= 11 is 5.88. The molecule has 3 rings (SSSR count). The van der Waals surface area contributed by atoms with Gasteiger partial charge in [0, 0.05) is 24.0 Å². The number of hydrogen-bond donors (Lipinski definition) is 1. The lowest BCUT2D eigenvalue weighted by molar-refractivity contribution is -0.120. The molecule has 0 radical (unpaired) electrons. The van der Waals surface area contributed by atoms with E-state index in [1.54, 1.807) is 18.3 Å². The zero-order valence-corrected chi connectivity index (χ0v) is 16.5. The van der Waals surface area contributed by atoms with Crippen molar-refractivity contribution < 1.29 is 13.2 Å². The van der Waals surface area contributed by atoms with Crippen LogP contribution in [0, 0.1) is 0 Å². The summed E-state index contributed by atoms with van der Waals surface area (Å²) in [6.45, 7) is -0.0533. The number of amides is 1. The zero-order valence-electron chi connectivity index (χ0n) is 15.0. The molecule has 0 spiro atoms. The minimum absolute atomic E-state index is 0.0533. The Kier molecular flexibility index (Phi) is 6.44. The number of rotatable bonds is 7. The van der Waals surface area contributed by atoms with Crippen LogP contribution in [0.25, 0.3) is 0 Å². The third-order valence-electron chi connectivity index (χ3n) is 4.27. The quantitative estimate of drug-likeness (QED) is 0.640. The molecule has 0 bridgehead atoms. The lowest BCUT2D eigenvalue weighted by Gasteiger charge is -2.19. The number of nitrogens with one attached hydrogen (secondary N) is 1. The highest BCUT2D eigenvalue weighted by Crippen LogP contribution is 2.28. The molecule has 1 amide bonds. The number of benzene rings is 2. The molecule has 0 fully saturated rings. The van der Waals surface area contributed by atoms with E-state index in [-0.39, 0.29) is 23.8 Å². The topological polar surface area (TPSA) is 76.1 Å². The summed E-state index contributed by atoms with van der Waals surface area (Å²) < 4.78 is 26.4. The average Bonchev–Trinajstić information content (AvgIpc) is 2.70. The van der Waals surface area contributed by atoms with Gasteiger partial charge in [-0.2, -0.15) is 0 Å². The van der Waals surface area contributed by atoms with Crippen LogP contribution in [-0.4, -0.2) is 25.9 Å². The highest BCUT2D eigenvalue weighted by Gasteiger charge is 2.29. The average molecular weight is 415 g/mol. The SMILES string of the molecule is O=C(Cc1ccccc1)NCC(c1cccnc1)S(=O)(=O)c1ccc(Cl)cc1. The van der Waals surface area contributed by atoms with Crippen molar-refractivity contribution in [2.75, 3.05) is 6.54 Å². The van der Waals surface area contributed by atoms with Crippen LogP contribution in [0.5, 0.6) is 0 Å². The minimum atomic E-state index is -3.75. The van der Waals surface area contributed by atoms with E-state index in [0.29, 0.717) is 10.6 Å². The first-order valence-corrected chi connectivity index (χ1v) is 10.6. The number of aromatic nitrogens is 1. The second-order valence-corrected chi connectivity index (χ2v) is 8.81. The van der Waals surface area contributed by atoms with Gasteiger partial charge < -0.3 is 5.32 Å². The van der Waals surface area contributed by atoms with Crippen LogP contribution in [0.4, 0.5) is 0 Å². The van der Waals surface area contributed by atoms with Crippen molar-refractivity contribution >= 4 is 27.3 Å². The molecule has 0 aliphatic rings. The Labute approximate surface area is 169 Å². The third kappa shape index (κ3) is 4.97. The van der Waals surface area contributed by atoms with Crippen molar-refractivity contribution in [1.29, 1.82) is 0 Å². The molecular weight excluding hydrogens is 396 g/mol. The van der Waals surface area contributed by atoms with Crippen molar-refractivity contribution in [3.63, 3.8) is 0 Å². The molecule has 0 saturated carbocycles. The molecule has 0 saturated heterocycles. The fourth-order valence-corrected chi connectivity index (χ4v) is 4.58. The van der Waals surface area contributed by atoms with E-state index in [1.165, 1.54) is 30.5 Å². The lowest BCUT2D eigenvalue weighted by Crippen LogP contribution is -2.33. The molecule has 0 aliphatic carbocycles. The van der Waals surface area contributed by atoms with Crippen LogP contribution in [0.3, 0.4) is 0 Å². The summed E-state index contributed by atoms with van der Waals surface area (Å²) in [5.74, 6) is -0.244. The van der Waals surface area contributed by atoms with Gasteiger partial charge in [0.15, 0.2) is 9.84 Å². The van der Waals surface area contributed by atoms with Crippen molar-refractivity contribution in [2.24, 2.45) is 0 Å². The molecular formula is C21H19ClN2O3S. The van der Waals surface area contributed by atoms with Crippen molar-refractivity contribution in [3.05, 3.63) is 95.3 Å². The van der Waals surface area contributed by atoms with Gasteiger partial charge in [0.05, 0.1) is 11.3 Å². The largest absolute Gasteiger partial charge is 0.354 e. The molecule has 3 aromatic rings. The van der Waals surface area contributed by atoms with Crippen LogP contribution < -0.4 is 5.32 Å². The highest BCUT2D eigenvalue weighted by atomic mass is 35.5. The second-order valence-electron chi connectivity index (χ2n) is 6.24. The lowest BCUT2D eigenvalue weighted by atomic mass is 10.1. The predicted molar refractivity (Wildman–Crippen MR) is 109 cm³/mol. The fourth-order valence-electron chi connectivity index (χ4n) is 2.81. The first-order chi connectivity index (χ1) is 13.5. The molecule has 1 aromatic heterocycles. The molecule has 2 aromatic carbocycles. The summed E-state index contributed by atoms with van der Waals surface area (Å²) in [6, 6.07) is 18.6. The van der Waals surface area contributed by atoms with E-state index in [2.05, 4.69) is 10.3 Å². The van der Waals surface area contributed by atoms with E-state index >= 15 is 0 Å². The Balaban J connectivity index is 1.82. The first-order valence-electron chi connectivity index (χ1n) is 8.67. The van der Waals surface area contributed by atoms with Gasteiger partial charge in [-0.15, -0.1) is 0 Å². The molecule has 144 valence electrons. The molecule has 7 heteroatoms. The number of carbonyl (C=O) groups is 1. The van der Waals surface area contributed by atoms with Gasteiger partial charge in [-0.25, -0.2) is 8.42 Å². The van der Waals surface area contributed by atoms with Gasteiger partial charge in [-0.3, -0.25) is 9.78 Å². The maximum absolute atomic E-state index is 13.2. The van der Waals surface area contributed by atoms with Gasteiger partial charge in [-0.1, -0.05) is 48.0 Å². The second kappa shape index (κ2) is 8.99. The summed E-state index contributed by atoms with van der Waals surface area (Å²) in [6.07, 6.45) is 3.26. The van der Waals surface area contributed by atoms with Crippen LogP contribution in [0.1, 0.15) is 16.4 Å². The summed E-state index contributed by atoms with van der Waals surface area (Å²) in [5.41, 5.74) is 1.37. The number of hydrogen-bond acceptors (Lipinski definition) is 4. The highest BCUT2D eigenvalue weighted by molar-refractivity contribution is 7.91. The molecule has 28 heavy (non-hydrogen) atoms. The summed E-state index contributed by atoms with van der Waals surface area (Å²) in [4.78, 5) is 16.5. The fraction of sp³-hybridized carbons (Fsp3) is 0.143. The van der Waals surface area contributed by atoms with E-state index in [1.807, 2.05) is 30.3 Å². The Bertz CT molecular complexity index is 1020. The predicted octanol–water partition coefficient (Wildman–Crippen LogP) is 3.61. The number of halogens is 1. The number of pyridine rings is 1. The minimum Gasteiger partial charge on any atom is -0.354 e. The maximum Gasteiger partial charge on any atom is 0.224 e. The number of sulfone groups is 1. The third-order valence-corrected chi connectivity index (χ3v) is 6.63. The smallest absolute Gasteiger partial charge is 0.224 e. The zero-order chi connectivity index (χ0) is 20.0. The van der Waals surface area contributed by atoms with Gasteiger partial charge in [0.1, 0.15) is 5.25 Å². The van der Waals surface area contributed by atoms with E-state index < -0.39 is 15.1 Å². The maximum atomic E-state index is 13.2. The Hall–Kier alpha value is -2.70. The van der Waals surface area contributed by atoms with Crippen LogP contribution in [-0.2, 0) is 21.1 Å². The van der Waals surface area contributed by atoms with E-state index in [4.69, 9.17) is 11.6 Å². The van der Waals surface area contributed by atoms with Crippen LogP contribution >= 0.6 is 11.6 Å². The molecule has 0 aliphatic heterocycles.